The monoisotopic (exact) mass is 156 g/mol. The normalized spacial score (nSPS) is 33.3. The van der Waals surface area contributed by atoms with Crippen molar-refractivity contribution < 1.29 is 4.74 Å². The quantitative estimate of drug-likeness (QED) is 0.515. The smallest absolute Gasteiger partial charge is 0.144 e. The van der Waals surface area contributed by atoms with Gasteiger partial charge in [-0.15, -0.1) is 0 Å². The third kappa shape index (κ3) is 1.28. The van der Waals surface area contributed by atoms with Crippen LogP contribution in [0.1, 0.15) is 13.8 Å². The fraction of sp³-hybridized carbons (Fsp3) is 1.00. The maximum atomic E-state index is 5.74. The van der Waals surface area contributed by atoms with E-state index in [0.29, 0.717) is 5.41 Å². The molecule has 3 nitrogen and oxygen atoms in total. The lowest BCUT2D eigenvalue weighted by molar-refractivity contribution is -0.161. The van der Waals surface area contributed by atoms with Gasteiger partial charge in [0.1, 0.15) is 5.72 Å². The van der Waals surface area contributed by atoms with Gasteiger partial charge in [0.15, 0.2) is 0 Å². The Labute approximate surface area is 67.5 Å². The molecule has 0 aromatic carbocycles. The van der Waals surface area contributed by atoms with Gasteiger partial charge in [-0.25, -0.2) is 0 Å². The minimum atomic E-state index is -0.00444. The lowest BCUT2D eigenvalue weighted by Crippen LogP contribution is -2.73. The van der Waals surface area contributed by atoms with Gasteiger partial charge in [-0.3, -0.25) is 5.32 Å². The third-order valence-electron chi connectivity index (χ3n) is 2.45. The number of rotatable bonds is 0. The second kappa shape index (κ2) is 2.19. The van der Waals surface area contributed by atoms with Crippen LogP contribution in [-0.4, -0.2) is 32.0 Å². The Morgan fingerprint density at radius 1 is 1.18 bits per heavy atom. The van der Waals surface area contributed by atoms with Crippen LogP contribution in [0, 0.1) is 5.41 Å². The second-order valence-corrected chi connectivity index (χ2v) is 4.40. The van der Waals surface area contributed by atoms with Gasteiger partial charge in [-0.1, -0.05) is 13.8 Å². The molecule has 0 aromatic rings. The van der Waals surface area contributed by atoms with Crippen LogP contribution < -0.4 is 10.6 Å². The van der Waals surface area contributed by atoms with Gasteiger partial charge in [0.2, 0.25) is 0 Å². The molecule has 0 unspecified atom stereocenters. The Morgan fingerprint density at radius 2 is 1.91 bits per heavy atom. The Hall–Kier alpha value is -0.120. The standard InChI is InChI=1S/C8H16N2O/c1-7(2)3-10-8(11-6-7)4-9-5-8/h9-10H,3-6H2,1-2H3. The van der Waals surface area contributed by atoms with Gasteiger partial charge in [-0.2, -0.15) is 0 Å². The van der Waals surface area contributed by atoms with Crippen molar-refractivity contribution >= 4 is 0 Å². The molecular weight excluding hydrogens is 140 g/mol. The van der Waals surface area contributed by atoms with Gasteiger partial charge in [0.05, 0.1) is 6.61 Å². The first-order valence-corrected chi connectivity index (χ1v) is 4.22. The van der Waals surface area contributed by atoms with Gasteiger partial charge in [0, 0.05) is 25.0 Å². The molecule has 2 N–H and O–H groups in total. The van der Waals surface area contributed by atoms with Crippen LogP contribution in [0.15, 0.2) is 0 Å². The van der Waals surface area contributed by atoms with E-state index in [-0.39, 0.29) is 5.72 Å². The summed E-state index contributed by atoms with van der Waals surface area (Å²) in [6.07, 6.45) is 0. The van der Waals surface area contributed by atoms with Crippen molar-refractivity contribution in [2.24, 2.45) is 5.41 Å². The molecule has 11 heavy (non-hydrogen) atoms. The van der Waals surface area contributed by atoms with Crippen LogP contribution in [0.3, 0.4) is 0 Å². The summed E-state index contributed by atoms with van der Waals surface area (Å²) in [6.45, 7) is 8.31. The lowest BCUT2D eigenvalue weighted by atomic mass is 9.90. The van der Waals surface area contributed by atoms with Crippen molar-refractivity contribution in [2.45, 2.75) is 19.6 Å². The minimum absolute atomic E-state index is 0.00444. The summed E-state index contributed by atoms with van der Waals surface area (Å²) in [4.78, 5) is 0. The van der Waals surface area contributed by atoms with Crippen molar-refractivity contribution in [3.05, 3.63) is 0 Å². The van der Waals surface area contributed by atoms with E-state index >= 15 is 0 Å². The van der Waals surface area contributed by atoms with Crippen LogP contribution in [-0.2, 0) is 4.74 Å². The van der Waals surface area contributed by atoms with Crippen LogP contribution in [0.25, 0.3) is 0 Å². The van der Waals surface area contributed by atoms with Crippen molar-refractivity contribution in [2.75, 3.05) is 26.2 Å². The molecule has 3 heteroatoms. The Kier molecular flexibility index (Phi) is 1.50. The highest BCUT2D eigenvalue weighted by Gasteiger charge is 2.43. The van der Waals surface area contributed by atoms with Crippen molar-refractivity contribution in [3.8, 4) is 0 Å². The summed E-state index contributed by atoms with van der Waals surface area (Å²) in [5.41, 5.74) is 0.302. The summed E-state index contributed by atoms with van der Waals surface area (Å²) < 4.78 is 5.74. The van der Waals surface area contributed by atoms with E-state index < -0.39 is 0 Å². The molecule has 0 bridgehead atoms. The first-order chi connectivity index (χ1) is 5.12. The highest BCUT2D eigenvalue weighted by atomic mass is 16.5. The SMILES string of the molecule is CC1(C)CNC2(CNC2)OC1. The molecule has 1 spiro atoms. The Morgan fingerprint density at radius 3 is 2.27 bits per heavy atom. The maximum absolute atomic E-state index is 5.74. The number of nitrogens with one attached hydrogen (secondary N) is 2. The van der Waals surface area contributed by atoms with Crippen LogP contribution in [0.4, 0.5) is 0 Å². The van der Waals surface area contributed by atoms with Gasteiger partial charge in [-0.05, 0) is 0 Å². The largest absolute Gasteiger partial charge is 0.357 e. The molecule has 2 saturated heterocycles. The van der Waals surface area contributed by atoms with E-state index in [2.05, 4.69) is 24.5 Å². The highest BCUT2D eigenvalue weighted by Crippen LogP contribution is 2.26. The zero-order chi connectivity index (χ0) is 7.95. The second-order valence-electron chi connectivity index (χ2n) is 4.40. The molecule has 0 aromatic heterocycles. The van der Waals surface area contributed by atoms with Crippen molar-refractivity contribution in [1.29, 1.82) is 0 Å². The maximum Gasteiger partial charge on any atom is 0.144 e. The molecule has 0 saturated carbocycles. The molecular formula is C8H16N2O. The summed E-state index contributed by atoms with van der Waals surface area (Å²) in [7, 11) is 0. The number of ether oxygens (including phenoxy) is 1. The van der Waals surface area contributed by atoms with Crippen LogP contribution in [0.2, 0.25) is 0 Å². The first-order valence-electron chi connectivity index (χ1n) is 4.22. The lowest BCUT2D eigenvalue weighted by Gasteiger charge is -2.49. The zero-order valence-electron chi connectivity index (χ0n) is 7.24. The van der Waals surface area contributed by atoms with E-state index in [0.717, 1.165) is 26.2 Å². The Bertz CT molecular complexity index is 151. The molecule has 64 valence electrons. The number of hydrogen-bond donors (Lipinski definition) is 2. The van der Waals surface area contributed by atoms with Gasteiger partial charge < -0.3 is 10.1 Å². The van der Waals surface area contributed by atoms with Crippen molar-refractivity contribution in [3.63, 3.8) is 0 Å². The summed E-state index contributed by atoms with van der Waals surface area (Å²) in [5.74, 6) is 0. The molecule has 0 amide bonds. The van der Waals surface area contributed by atoms with Crippen LogP contribution in [0.5, 0.6) is 0 Å². The third-order valence-corrected chi connectivity index (χ3v) is 2.45. The fourth-order valence-electron chi connectivity index (χ4n) is 1.42. The Balaban J connectivity index is 1.94. The zero-order valence-corrected chi connectivity index (χ0v) is 7.24. The van der Waals surface area contributed by atoms with Crippen molar-refractivity contribution in [1.82, 2.24) is 10.6 Å². The molecule has 2 aliphatic rings. The van der Waals surface area contributed by atoms with E-state index in [9.17, 15) is 0 Å². The predicted octanol–water partition coefficient (Wildman–Crippen LogP) is -0.0681. The predicted molar refractivity (Wildman–Crippen MR) is 43.3 cm³/mol. The summed E-state index contributed by atoms with van der Waals surface area (Å²) >= 11 is 0. The fourth-order valence-corrected chi connectivity index (χ4v) is 1.42. The topological polar surface area (TPSA) is 33.3 Å². The summed E-state index contributed by atoms with van der Waals surface area (Å²) in [6, 6.07) is 0. The average molecular weight is 156 g/mol. The van der Waals surface area contributed by atoms with Gasteiger partial charge in [0.25, 0.3) is 0 Å². The van der Waals surface area contributed by atoms with Gasteiger partial charge >= 0.3 is 0 Å². The molecule has 2 rings (SSSR count). The molecule has 0 radical (unpaired) electrons. The van der Waals surface area contributed by atoms with E-state index in [1.54, 1.807) is 0 Å². The summed E-state index contributed by atoms with van der Waals surface area (Å²) in [5, 5.41) is 6.65. The molecule has 0 aliphatic carbocycles. The average Bonchev–Trinajstić information content (AvgIpc) is 1.84. The van der Waals surface area contributed by atoms with Crippen LogP contribution >= 0.6 is 0 Å². The number of hydrogen-bond acceptors (Lipinski definition) is 3. The highest BCUT2D eigenvalue weighted by molar-refractivity contribution is 4.96. The first kappa shape index (κ1) is 7.53. The molecule has 2 fully saturated rings. The van der Waals surface area contributed by atoms with E-state index in [4.69, 9.17) is 4.74 Å². The molecule has 2 aliphatic heterocycles. The minimum Gasteiger partial charge on any atom is -0.357 e. The van der Waals surface area contributed by atoms with E-state index in [1.165, 1.54) is 0 Å². The van der Waals surface area contributed by atoms with E-state index in [1.807, 2.05) is 0 Å². The molecule has 0 atom stereocenters. The molecule has 2 heterocycles.